The van der Waals surface area contributed by atoms with Crippen LogP contribution in [-0.2, 0) is 11.3 Å². The van der Waals surface area contributed by atoms with Gasteiger partial charge in [-0.25, -0.2) is 19.3 Å². The summed E-state index contributed by atoms with van der Waals surface area (Å²) in [6, 6.07) is 3.81. The lowest BCUT2D eigenvalue weighted by Crippen LogP contribution is -2.28. The molecule has 0 aliphatic heterocycles. The van der Waals surface area contributed by atoms with Crippen molar-refractivity contribution in [2.24, 2.45) is 0 Å². The van der Waals surface area contributed by atoms with Gasteiger partial charge in [-0.1, -0.05) is 30.3 Å². The van der Waals surface area contributed by atoms with Crippen LogP contribution in [0.1, 0.15) is 6.92 Å². The minimum absolute atomic E-state index is 0.106. The number of halogens is 2. The average molecular weight is 394 g/mol. The quantitative estimate of drug-likeness (QED) is 0.529. The topological polar surface area (TPSA) is 89.8 Å². The molecule has 0 saturated carbocycles. The first-order valence-corrected chi connectivity index (χ1v) is 8.94. The van der Waals surface area contributed by atoms with Crippen LogP contribution in [0.5, 0.6) is 0 Å². The van der Waals surface area contributed by atoms with Crippen LogP contribution in [0.4, 0.5) is 10.1 Å². The number of rotatable bonds is 5. The molecule has 0 bridgehead atoms. The molecule has 26 heavy (non-hydrogen) atoms. The van der Waals surface area contributed by atoms with Gasteiger partial charge in [0.15, 0.2) is 10.8 Å². The van der Waals surface area contributed by atoms with Gasteiger partial charge < -0.3 is 5.32 Å². The summed E-state index contributed by atoms with van der Waals surface area (Å²) >= 11 is 7.12. The Kier molecular flexibility index (Phi) is 5.48. The minimum atomic E-state index is -0.583. The molecule has 3 aromatic rings. The molecule has 7 nitrogen and oxygen atoms in total. The number of hydrogen-bond donors (Lipinski definition) is 1. The first-order chi connectivity index (χ1) is 12.5. The third-order valence-electron chi connectivity index (χ3n) is 3.35. The van der Waals surface area contributed by atoms with Crippen LogP contribution in [0.15, 0.2) is 40.7 Å². The molecule has 10 heteroatoms. The molecule has 0 aliphatic carbocycles. The molecule has 3 rings (SSSR count). The first kappa shape index (κ1) is 18.3. The van der Waals surface area contributed by atoms with Crippen LogP contribution in [-0.4, -0.2) is 31.2 Å². The molecule has 0 unspecified atom stereocenters. The van der Waals surface area contributed by atoms with Gasteiger partial charge in [0.05, 0.1) is 5.02 Å². The Morgan fingerprint density at radius 3 is 2.92 bits per heavy atom. The van der Waals surface area contributed by atoms with Crippen molar-refractivity contribution in [3.63, 3.8) is 0 Å². The summed E-state index contributed by atoms with van der Waals surface area (Å²) in [4.78, 5) is 37.0. The molecule has 0 radical (unpaired) electrons. The molecule has 0 saturated heterocycles. The van der Waals surface area contributed by atoms with E-state index in [9.17, 15) is 14.0 Å². The maximum absolute atomic E-state index is 13.1. The molecule has 1 aromatic carbocycles. The van der Waals surface area contributed by atoms with E-state index in [0.717, 1.165) is 16.4 Å². The predicted molar refractivity (Wildman–Crippen MR) is 98.0 cm³/mol. The Balaban J connectivity index is 1.80. The number of hydrogen-bond acceptors (Lipinski definition) is 6. The number of carbonyl (C=O) groups excluding carboxylic acids is 1. The van der Waals surface area contributed by atoms with Crippen molar-refractivity contribution in [2.45, 2.75) is 18.6 Å². The number of nitrogens with zero attached hydrogens (tertiary/aromatic N) is 4. The maximum atomic E-state index is 13.1. The summed E-state index contributed by atoms with van der Waals surface area (Å²) in [6.45, 7) is 1.71. The van der Waals surface area contributed by atoms with E-state index in [1.165, 1.54) is 36.4 Å². The van der Waals surface area contributed by atoms with E-state index in [1.807, 2.05) is 6.92 Å². The molecule has 2 aromatic heterocycles. The summed E-state index contributed by atoms with van der Waals surface area (Å²) in [5.74, 6) is -0.258. The van der Waals surface area contributed by atoms with Crippen molar-refractivity contribution < 1.29 is 9.18 Å². The molecule has 0 aliphatic rings. The van der Waals surface area contributed by atoms with Crippen molar-refractivity contribution >= 4 is 46.0 Å². The SMILES string of the molecule is CCSc1ncc2c(=O)n(CC(=O)Nc3ccc(F)c(Cl)c3)cnc2n1. The van der Waals surface area contributed by atoms with Crippen LogP contribution >= 0.6 is 23.4 Å². The first-order valence-electron chi connectivity index (χ1n) is 7.58. The van der Waals surface area contributed by atoms with Crippen molar-refractivity contribution in [2.75, 3.05) is 11.1 Å². The number of anilines is 1. The smallest absolute Gasteiger partial charge is 0.264 e. The van der Waals surface area contributed by atoms with E-state index in [-0.39, 0.29) is 22.6 Å². The van der Waals surface area contributed by atoms with Gasteiger partial charge in [0, 0.05) is 11.9 Å². The second kappa shape index (κ2) is 7.79. The largest absolute Gasteiger partial charge is 0.324 e. The Hall–Kier alpha value is -2.52. The Labute approximate surface area is 156 Å². The molecule has 134 valence electrons. The minimum Gasteiger partial charge on any atom is -0.324 e. The molecule has 1 N–H and O–H groups in total. The third kappa shape index (κ3) is 4.00. The number of amides is 1. The van der Waals surface area contributed by atoms with E-state index in [4.69, 9.17) is 11.6 Å². The summed E-state index contributed by atoms with van der Waals surface area (Å²) in [6.07, 6.45) is 2.67. The lowest BCUT2D eigenvalue weighted by Gasteiger charge is -2.08. The van der Waals surface area contributed by atoms with Gasteiger partial charge in [-0.15, -0.1) is 0 Å². The van der Waals surface area contributed by atoms with Gasteiger partial charge in [0.25, 0.3) is 5.56 Å². The van der Waals surface area contributed by atoms with Crippen molar-refractivity contribution in [3.8, 4) is 0 Å². The summed E-state index contributed by atoms with van der Waals surface area (Å²) in [5, 5.41) is 3.21. The second-order valence-corrected chi connectivity index (χ2v) is 6.82. The lowest BCUT2D eigenvalue weighted by molar-refractivity contribution is -0.116. The number of fused-ring (bicyclic) bond motifs is 1. The predicted octanol–water partition coefficient (Wildman–Crippen LogP) is 2.73. The Morgan fingerprint density at radius 1 is 1.38 bits per heavy atom. The number of thioether (sulfide) groups is 1. The highest BCUT2D eigenvalue weighted by atomic mass is 35.5. The van der Waals surface area contributed by atoms with E-state index in [1.54, 1.807) is 0 Å². The second-order valence-electron chi connectivity index (χ2n) is 5.18. The van der Waals surface area contributed by atoms with Gasteiger partial charge in [0.1, 0.15) is 24.1 Å². The van der Waals surface area contributed by atoms with Gasteiger partial charge in [-0.2, -0.15) is 0 Å². The highest BCUT2D eigenvalue weighted by molar-refractivity contribution is 7.99. The van der Waals surface area contributed by atoms with Gasteiger partial charge >= 0.3 is 0 Å². The zero-order valence-corrected chi connectivity index (χ0v) is 15.1. The van der Waals surface area contributed by atoms with Crippen LogP contribution in [0.2, 0.25) is 5.02 Å². The number of benzene rings is 1. The molecule has 1 amide bonds. The zero-order chi connectivity index (χ0) is 18.7. The average Bonchev–Trinajstić information content (AvgIpc) is 2.61. The molecular formula is C16H13ClFN5O2S. The lowest BCUT2D eigenvalue weighted by atomic mass is 10.3. The van der Waals surface area contributed by atoms with E-state index in [2.05, 4.69) is 20.3 Å². The Bertz CT molecular complexity index is 1040. The molecule has 0 fully saturated rings. The normalized spacial score (nSPS) is 10.9. The molecular weight excluding hydrogens is 381 g/mol. The maximum Gasteiger partial charge on any atom is 0.264 e. The van der Waals surface area contributed by atoms with Crippen LogP contribution in [0.25, 0.3) is 11.0 Å². The van der Waals surface area contributed by atoms with Crippen molar-refractivity contribution in [3.05, 3.63) is 51.9 Å². The third-order valence-corrected chi connectivity index (χ3v) is 4.38. The van der Waals surface area contributed by atoms with Crippen LogP contribution in [0.3, 0.4) is 0 Å². The zero-order valence-electron chi connectivity index (χ0n) is 13.6. The Morgan fingerprint density at radius 2 is 2.19 bits per heavy atom. The standard InChI is InChI=1S/C16H13ClFN5O2S/c1-2-26-16-19-6-10-14(22-16)20-8-23(15(10)25)7-13(24)21-9-3-4-12(18)11(17)5-9/h3-6,8H,2,7H2,1H3,(H,21,24). The van der Waals surface area contributed by atoms with Crippen molar-refractivity contribution in [1.82, 2.24) is 19.5 Å². The molecule has 0 spiro atoms. The number of aromatic nitrogens is 4. The summed E-state index contributed by atoms with van der Waals surface area (Å²) in [7, 11) is 0. The van der Waals surface area contributed by atoms with Crippen LogP contribution < -0.4 is 10.9 Å². The van der Waals surface area contributed by atoms with E-state index >= 15 is 0 Å². The fourth-order valence-electron chi connectivity index (χ4n) is 2.18. The highest BCUT2D eigenvalue weighted by Crippen LogP contribution is 2.19. The van der Waals surface area contributed by atoms with E-state index in [0.29, 0.717) is 10.8 Å². The monoisotopic (exact) mass is 393 g/mol. The number of carbonyl (C=O) groups is 1. The van der Waals surface area contributed by atoms with Gasteiger partial charge in [-0.05, 0) is 24.0 Å². The number of nitrogens with one attached hydrogen (secondary N) is 1. The summed E-state index contributed by atoms with van der Waals surface area (Å²) < 4.78 is 14.3. The fourth-order valence-corrected chi connectivity index (χ4v) is 2.90. The van der Waals surface area contributed by atoms with E-state index < -0.39 is 17.3 Å². The summed E-state index contributed by atoms with van der Waals surface area (Å²) in [5.41, 5.74) is 0.186. The molecule has 2 heterocycles. The highest BCUT2D eigenvalue weighted by Gasteiger charge is 2.11. The molecule has 0 atom stereocenters. The van der Waals surface area contributed by atoms with Gasteiger partial charge in [-0.3, -0.25) is 14.2 Å². The van der Waals surface area contributed by atoms with Crippen molar-refractivity contribution in [1.29, 1.82) is 0 Å². The van der Waals surface area contributed by atoms with Crippen LogP contribution in [0, 0.1) is 5.82 Å². The fraction of sp³-hybridized carbons (Fsp3) is 0.188. The van der Waals surface area contributed by atoms with Gasteiger partial charge in [0.2, 0.25) is 5.91 Å².